The van der Waals surface area contributed by atoms with Gasteiger partial charge >= 0.3 is 5.97 Å². The number of rotatable bonds is 4. The van der Waals surface area contributed by atoms with E-state index in [1.54, 1.807) is 12.1 Å². The van der Waals surface area contributed by atoms with Gasteiger partial charge in [0.2, 0.25) is 11.6 Å². The molecule has 1 aliphatic carbocycles. The standard InChI is InChI=1S/C20H23N3O4/c1-13-4-5-15(11-13)26-20(24)14-6-8-23(9-7-14)19-16(12-21)22-18(27-19)17-3-2-10-25-17/h2-3,10,13-15H,4-9,11H2,1H3/t13-,15+/m0/s1. The molecule has 2 aromatic rings. The van der Waals surface area contributed by atoms with Crippen molar-refractivity contribution in [2.24, 2.45) is 11.8 Å². The molecule has 1 saturated carbocycles. The molecule has 2 aromatic heterocycles. The summed E-state index contributed by atoms with van der Waals surface area (Å²) in [5.41, 5.74) is 0.238. The summed E-state index contributed by atoms with van der Waals surface area (Å²) >= 11 is 0. The van der Waals surface area contributed by atoms with Gasteiger partial charge in [0.25, 0.3) is 5.89 Å². The van der Waals surface area contributed by atoms with Crippen LogP contribution >= 0.6 is 0 Å². The Labute approximate surface area is 157 Å². The molecule has 0 bridgehead atoms. The van der Waals surface area contributed by atoms with E-state index in [1.807, 2.05) is 4.90 Å². The molecule has 27 heavy (non-hydrogen) atoms. The Morgan fingerprint density at radius 3 is 2.78 bits per heavy atom. The van der Waals surface area contributed by atoms with Crippen LogP contribution in [0.1, 0.15) is 44.7 Å². The van der Waals surface area contributed by atoms with Gasteiger partial charge in [-0.3, -0.25) is 4.79 Å². The maximum absolute atomic E-state index is 12.4. The number of furan rings is 1. The first kappa shape index (κ1) is 17.7. The van der Waals surface area contributed by atoms with E-state index in [9.17, 15) is 10.1 Å². The van der Waals surface area contributed by atoms with E-state index in [-0.39, 0.29) is 23.7 Å². The van der Waals surface area contributed by atoms with Gasteiger partial charge in [0.05, 0.1) is 12.2 Å². The van der Waals surface area contributed by atoms with E-state index in [1.165, 1.54) is 6.26 Å². The summed E-state index contributed by atoms with van der Waals surface area (Å²) in [6.07, 6.45) is 6.07. The molecule has 0 N–H and O–H groups in total. The molecule has 0 unspecified atom stereocenters. The van der Waals surface area contributed by atoms with Gasteiger partial charge in [-0.25, -0.2) is 0 Å². The van der Waals surface area contributed by atoms with Gasteiger partial charge < -0.3 is 18.5 Å². The lowest BCUT2D eigenvalue weighted by atomic mass is 9.97. The zero-order valence-corrected chi connectivity index (χ0v) is 15.4. The molecule has 1 saturated heterocycles. The van der Waals surface area contributed by atoms with Crippen molar-refractivity contribution in [1.29, 1.82) is 5.26 Å². The third-order valence-electron chi connectivity index (χ3n) is 5.49. The van der Waals surface area contributed by atoms with Crippen LogP contribution in [0.2, 0.25) is 0 Å². The van der Waals surface area contributed by atoms with Gasteiger partial charge in [-0.05, 0) is 50.2 Å². The summed E-state index contributed by atoms with van der Waals surface area (Å²) in [5.74, 6) is 1.70. The normalized spacial score (nSPS) is 23.3. The molecule has 4 rings (SSSR count). The van der Waals surface area contributed by atoms with Crippen molar-refractivity contribution in [2.45, 2.75) is 45.1 Å². The molecule has 0 amide bonds. The Hall–Kier alpha value is -2.75. The van der Waals surface area contributed by atoms with Crippen molar-refractivity contribution in [3.8, 4) is 17.7 Å². The zero-order valence-electron chi connectivity index (χ0n) is 15.4. The number of piperidine rings is 1. The van der Waals surface area contributed by atoms with Crippen LogP contribution in [-0.4, -0.2) is 30.1 Å². The highest BCUT2D eigenvalue weighted by molar-refractivity contribution is 5.73. The fourth-order valence-electron chi connectivity index (χ4n) is 3.95. The fraction of sp³-hybridized carbons (Fsp3) is 0.550. The Morgan fingerprint density at radius 1 is 1.33 bits per heavy atom. The third-order valence-corrected chi connectivity index (χ3v) is 5.49. The minimum absolute atomic E-state index is 0.0805. The highest BCUT2D eigenvalue weighted by Crippen LogP contribution is 2.32. The number of aromatic nitrogens is 1. The first-order chi connectivity index (χ1) is 13.1. The second-order valence-corrected chi connectivity index (χ2v) is 7.50. The lowest BCUT2D eigenvalue weighted by Gasteiger charge is -2.31. The van der Waals surface area contributed by atoms with Crippen LogP contribution in [0.4, 0.5) is 5.88 Å². The molecular weight excluding hydrogens is 346 g/mol. The number of ether oxygens (including phenoxy) is 1. The van der Waals surface area contributed by atoms with E-state index >= 15 is 0 Å². The Kier molecular flexibility index (Phi) is 4.88. The number of nitrogens with zero attached hydrogens (tertiary/aromatic N) is 3. The van der Waals surface area contributed by atoms with Crippen molar-refractivity contribution in [1.82, 2.24) is 4.98 Å². The van der Waals surface area contributed by atoms with E-state index in [0.29, 0.717) is 49.4 Å². The van der Waals surface area contributed by atoms with Crippen LogP contribution < -0.4 is 4.90 Å². The lowest BCUT2D eigenvalue weighted by molar-refractivity contribution is -0.154. The maximum atomic E-state index is 12.4. The number of hydrogen-bond acceptors (Lipinski definition) is 7. The smallest absolute Gasteiger partial charge is 0.309 e. The van der Waals surface area contributed by atoms with Crippen molar-refractivity contribution in [3.05, 3.63) is 24.1 Å². The van der Waals surface area contributed by atoms with E-state index < -0.39 is 0 Å². The fourth-order valence-corrected chi connectivity index (χ4v) is 3.95. The molecule has 142 valence electrons. The van der Waals surface area contributed by atoms with Crippen molar-refractivity contribution >= 4 is 11.9 Å². The quantitative estimate of drug-likeness (QED) is 0.758. The average Bonchev–Trinajstić information content (AvgIpc) is 3.42. The molecule has 3 heterocycles. The van der Waals surface area contributed by atoms with Crippen LogP contribution in [0.3, 0.4) is 0 Å². The molecule has 0 radical (unpaired) electrons. The van der Waals surface area contributed by atoms with E-state index in [4.69, 9.17) is 13.6 Å². The first-order valence-electron chi connectivity index (χ1n) is 9.54. The van der Waals surface area contributed by atoms with Crippen LogP contribution in [0.15, 0.2) is 27.2 Å². The van der Waals surface area contributed by atoms with Gasteiger partial charge in [0.1, 0.15) is 12.2 Å². The SMILES string of the molecule is C[C@H]1CC[C@@H](OC(=O)C2CCN(c3oc(-c4ccco4)nc3C#N)CC2)C1. The molecule has 7 heteroatoms. The molecule has 2 aliphatic rings. The minimum Gasteiger partial charge on any atom is -0.462 e. The van der Waals surface area contributed by atoms with Gasteiger partial charge in [-0.15, -0.1) is 0 Å². The second kappa shape index (κ2) is 7.47. The van der Waals surface area contributed by atoms with Crippen molar-refractivity contribution < 1.29 is 18.4 Å². The minimum atomic E-state index is -0.0878. The number of carbonyl (C=O) groups excluding carboxylic acids is 1. The van der Waals surface area contributed by atoms with Crippen LogP contribution in [-0.2, 0) is 9.53 Å². The number of nitriles is 1. The van der Waals surface area contributed by atoms with Gasteiger partial charge in [-0.1, -0.05) is 6.92 Å². The average molecular weight is 369 g/mol. The predicted octanol–water partition coefficient (Wildman–Crippen LogP) is 3.75. The summed E-state index contributed by atoms with van der Waals surface area (Å²) in [4.78, 5) is 18.6. The molecule has 2 fully saturated rings. The van der Waals surface area contributed by atoms with Crippen molar-refractivity contribution in [3.63, 3.8) is 0 Å². The number of carbonyl (C=O) groups is 1. The van der Waals surface area contributed by atoms with Crippen LogP contribution in [0.5, 0.6) is 0 Å². The summed E-state index contributed by atoms with van der Waals surface area (Å²) in [6.45, 7) is 3.46. The Morgan fingerprint density at radius 2 is 2.15 bits per heavy atom. The number of oxazole rings is 1. The summed E-state index contributed by atoms with van der Waals surface area (Å²) in [6, 6.07) is 5.56. The van der Waals surface area contributed by atoms with Crippen molar-refractivity contribution in [2.75, 3.05) is 18.0 Å². The number of esters is 1. The second-order valence-electron chi connectivity index (χ2n) is 7.50. The topological polar surface area (TPSA) is 92.5 Å². The van der Waals surface area contributed by atoms with Gasteiger partial charge in [0.15, 0.2) is 5.76 Å². The zero-order chi connectivity index (χ0) is 18.8. The molecule has 7 nitrogen and oxygen atoms in total. The van der Waals surface area contributed by atoms with E-state index in [0.717, 1.165) is 19.3 Å². The van der Waals surface area contributed by atoms with Gasteiger partial charge in [0, 0.05) is 13.1 Å². The van der Waals surface area contributed by atoms with Crippen LogP contribution in [0.25, 0.3) is 11.7 Å². The largest absolute Gasteiger partial charge is 0.462 e. The Balaban J connectivity index is 1.38. The lowest BCUT2D eigenvalue weighted by Crippen LogP contribution is -2.37. The molecular formula is C20H23N3O4. The highest BCUT2D eigenvalue weighted by atomic mass is 16.5. The highest BCUT2D eigenvalue weighted by Gasteiger charge is 2.32. The number of hydrogen-bond donors (Lipinski definition) is 0. The van der Waals surface area contributed by atoms with Gasteiger partial charge in [-0.2, -0.15) is 10.2 Å². The molecule has 0 aromatic carbocycles. The maximum Gasteiger partial charge on any atom is 0.309 e. The third kappa shape index (κ3) is 3.70. The number of anilines is 1. The monoisotopic (exact) mass is 369 g/mol. The molecule has 0 spiro atoms. The Bertz CT molecular complexity index is 828. The summed E-state index contributed by atoms with van der Waals surface area (Å²) < 4.78 is 16.8. The predicted molar refractivity (Wildman–Crippen MR) is 96.8 cm³/mol. The molecule has 1 aliphatic heterocycles. The summed E-state index contributed by atoms with van der Waals surface area (Å²) in [7, 11) is 0. The summed E-state index contributed by atoms with van der Waals surface area (Å²) in [5, 5.41) is 9.38. The van der Waals surface area contributed by atoms with Crippen LogP contribution in [0, 0.1) is 23.2 Å². The first-order valence-corrected chi connectivity index (χ1v) is 9.54. The van der Waals surface area contributed by atoms with E-state index in [2.05, 4.69) is 18.0 Å². The molecule has 2 atom stereocenters.